The van der Waals surface area contributed by atoms with Gasteiger partial charge in [0.1, 0.15) is 12.6 Å². The van der Waals surface area contributed by atoms with Gasteiger partial charge >= 0.3 is 6.03 Å². The first kappa shape index (κ1) is 17.4. The van der Waals surface area contributed by atoms with Crippen molar-refractivity contribution in [2.24, 2.45) is 0 Å². The zero-order chi connectivity index (χ0) is 18.2. The molecule has 0 aromatic heterocycles. The minimum absolute atomic E-state index is 0.0416. The van der Waals surface area contributed by atoms with Gasteiger partial charge in [0, 0.05) is 24.3 Å². The lowest BCUT2D eigenvalue weighted by atomic mass is 9.86. The van der Waals surface area contributed by atoms with Crippen molar-refractivity contribution in [2.75, 3.05) is 24.5 Å². The molecule has 2 aliphatic heterocycles. The van der Waals surface area contributed by atoms with Crippen molar-refractivity contribution in [1.82, 2.24) is 10.2 Å². The number of urea groups is 1. The number of carbonyl (C=O) groups excluding carboxylic acids is 3. The van der Waals surface area contributed by atoms with E-state index in [0.29, 0.717) is 30.6 Å². The summed E-state index contributed by atoms with van der Waals surface area (Å²) in [5, 5.41) is 22.6. The van der Waals surface area contributed by atoms with Gasteiger partial charge in [-0.15, -0.1) is 0 Å². The summed E-state index contributed by atoms with van der Waals surface area (Å²) in [6.45, 7) is 2.21. The number of imide groups is 1. The van der Waals surface area contributed by atoms with Gasteiger partial charge < -0.3 is 15.1 Å². The van der Waals surface area contributed by atoms with E-state index >= 15 is 0 Å². The van der Waals surface area contributed by atoms with Crippen LogP contribution in [0.4, 0.5) is 10.5 Å². The molecule has 8 nitrogen and oxygen atoms in total. The van der Waals surface area contributed by atoms with Gasteiger partial charge in [-0.05, 0) is 37.1 Å². The van der Waals surface area contributed by atoms with E-state index in [4.69, 9.17) is 0 Å². The van der Waals surface area contributed by atoms with Crippen molar-refractivity contribution in [3.8, 4) is 0 Å². The van der Waals surface area contributed by atoms with E-state index in [2.05, 4.69) is 5.32 Å². The van der Waals surface area contributed by atoms with Gasteiger partial charge in [-0.25, -0.2) is 4.79 Å². The van der Waals surface area contributed by atoms with Gasteiger partial charge in [0.25, 0.3) is 5.91 Å². The number of aliphatic hydroxyl groups excluding tert-OH is 1. The number of carbonyl (C=O) groups is 3. The molecule has 0 saturated carbocycles. The predicted octanol–water partition coefficient (Wildman–Crippen LogP) is 0.0907. The van der Waals surface area contributed by atoms with E-state index in [0.717, 1.165) is 0 Å². The SMILES string of the molecule is CC[C@@]1(O)CCN(C(=O)c2ccc(N3CC(=O)NC3=O)cc2)CC1O. The highest BCUT2D eigenvalue weighted by Gasteiger charge is 2.40. The third-order valence-electron chi connectivity index (χ3n) is 4.95. The Hall–Kier alpha value is -2.45. The van der Waals surface area contributed by atoms with Crippen molar-refractivity contribution in [1.29, 1.82) is 0 Å². The van der Waals surface area contributed by atoms with Crippen molar-refractivity contribution < 1.29 is 24.6 Å². The van der Waals surface area contributed by atoms with Crippen LogP contribution < -0.4 is 10.2 Å². The lowest BCUT2D eigenvalue weighted by molar-refractivity contribution is -0.117. The predicted molar refractivity (Wildman–Crippen MR) is 89.1 cm³/mol. The molecule has 1 unspecified atom stereocenters. The van der Waals surface area contributed by atoms with E-state index in [1.165, 1.54) is 9.80 Å². The maximum Gasteiger partial charge on any atom is 0.329 e. The molecular weight excluding hydrogens is 326 g/mol. The number of anilines is 1. The standard InChI is InChI=1S/C17H21N3O5/c1-2-17(25)7-8-19(9-13(17)21)15(23)11-3-5-12(6-4-11)20-10-14(22)18-16(20)24/h3-6,13,21,25H,2,7-10H2,1H3,(H,18,22,24)/t13?,17-/m1/s1. The van der Waals surface area contributed by atoms with E-state index in [-0.39, 0.29) is 24.9 Å². The van der Waals surface area contributed by atoms with Crippen molar-refractivity contribution >= 4 is 23.5 Å². The maximum absolute atomic E-state index is 12.6. The fraction of sp³-hybridized carbons (Fsp3) is 0.471. The molecule has 2 fully saturated rings. The Morgan fingerprint density at radius 1 is 1.32 bits per heavy atom. The largest absolute Gasteiger partial charge is 0.388 e. The number of β-amino-alcohol motifs (C(OH)–C–C–N with tert-alkyl or cyclic N) is 1. The molecule has 4 amide bonds. The second-order valence-corrected chi connectivity index (χ2v) is 6.46. The van der Waals surface area contributed by atoms with Crippen LogP contribution in [0.5, 0.6) is 0 Å². The summed E-state index contributed by atoms with van der Waals surface area (Å²) in [5.41, 5.74) is -0.196. The summed E-state index contributed by atoms with van der Waals surface area (Å²) < 4.78 is 0. The number of benzene rings is 1. The molecule has 8 heteroatoms. The minimum atomic E-state index is -1.14. The van der Waals surface area contributed by atoms with Gasteiger partial charge in [-0.1, -0.05) is 6.92 Å². The second-order valence-electron chi connectivity index (χ2n) is 6.46. The fourth-order valence-electron chi connectivity index (χ4n) is 3.18. The van der Waals surface area contributed by atoms with Gasteiger partial charge in [0.2, 0.25) is 5.91 Å². The zero-order valence-electron chi connectivity index (χ0n) is 13.9. The molecular formula is C17H21N3O5. The molecule has 0 aliphatic carbocycles. The first-order valence-corrected chi connectivity index (χ1v) is 8.25. The monoisotopic (exact) mass is 347 g/mol. The number of hydrogen-bond acceptors (Lipinski definition) is 5. The van der Waals surface area contributed by atoms with Gasteiger partial charge in [-0.2, -0.15) is 0 Å². The molecule has 134 valence electrons. The Kier molecular flexibility index (Phi) is 4.49. The highest BCUT2D eigenvalue weighted by Crippen LogP contribution is 2.27. The van der Waals surface area contributed by atoms with Crippen LogP contribution in [0.1, 0.15) is 30.1 Å². The number of piperidine rings is 1. The van der Waals surface area contributed by atoms with Crippen LogP contribution in [0.25, 0.3) is 0 Å². The number of likely N-dealkylation sites (tertiary alicyclic amines) is 1. The summed E-state index contributed by atoms with van der Waals surface area (Å²) in [7, 11) is 0. The van der Waals surface area contributed by atoms with Crippen LogP contribution >= 0.6 is 0 Å². The summed E-state index contributed by atoms with van der Waals surface area (Å²) in [6, 6.07) is 5.89. The third kappa shape index (κ3) is 3.22. The zero-order valence-corrected chi connectivity index (χ0v) is 13.9. The molecule has 25 heavy (non-hydrogen) atoms. The molecule has 0 spiro atoms. The minimum Gasteiger partial charge on any atom is -0.388 e. The number of nitrogens with one attached hydrogen (secondary N) is 1. The number of hydrogen-bond donors (Lipinski definition) is 3. The van der Waals surface area contributed by atoms with Crippen LogP contribution in [0.3, 0.4) is 0 Å². The first-order chi connectivity index (χ1) is 11.8. The molecule has 2 saturated heterocycles. The Balaban J connectivity index is 1.69. The maximum atomic E-state index is 12.6. The average Bonchev–Trinajstić information content (AvgIpc) is 2.95. The Morgan fingerprint density at radius 3 is 2.52 bits per heavy atom. The van der Waals surface area contributed by atoms with E-state index in [1.54, 1.807) is 31.2 Å². The molecule has 2 atom stereocenters. The molecule has 2 aliphatic rings. The van der Waals surface area contributed by atoms with Gasteiger partial charge in [0.05, 0.1) is 5.60 Å². The lowest BCUT2D eigenvalue weighted by Crippen LogP contribution is -2.56. The van der Waals surface area contributed by atoms with Crippen LogP contribution in [0.2, 0.25) is 0 Å². The highest BCUT2D eigenvalue weighted by molar-refractivity contribution is 6.12. The summed E-state index contributed by atoms with van der Waals surface area (Å²) >= 11 is 0. The van der Waals surface area contributed by atoms with E-state index in [9.17, 15) is 24.6 Å². The Bertz CT molecular complexity index is 705. The molecule has 1 aromatic carbocycles. The van der Waals surface area contributed by atoms with Crippen LogP contribution in [0, 0.1) is 0 Å². The Morgan fingerprint density at radius 2 is 2.00 bits per heavy atom. The molecule has 3 N–H and O–H groups in total. The molecule has 0 bridgehead atoms. The van der Waals surface area contributed by atoms with Crippen LogP contribution in [-0.4, -0.2) is 64.3 Å². The number of aliphatic hydroxyl groups is 2. The average molecular weight is 347 g/mol. The molecule has 2 heterocycles. The lowest BCUT2D eigenvalue weighted by Gasteiger charge is -2.41. The highest BCUT2D eigenvalue weighted by atomic mass is 16.3. The van der Waals surface area contributed by atoms with Crippen LogP contribution in [0.15, 0.2) is 24.3 Å². The summed E-state index contributed by atoms with van der Waals surface area (Å²) in [6.07, 6.45) is -0.222. The van der Waals surface area contributed by atoms with Gasteiger partial charge in [0.15, 0.2) is 0 Å². The Labute approximate surface area is 145 Å². The molecule has 0 radical (unpaired) electrons. The van der Waals surface area contributed by atoms with Crippen molar-refractivity contribution in [3.05, 3.63) is 29.8 Å². The van der Waals surface area contributed by atoms with Crippen LogP contribution in [-0.2, 0) is 4.79 Å². The summed E-state index contributed by atoms with van der Waals surface area (Å²) in [5.74, 6) is -0.610. The van der Waals surface area contributed by atoms with E-state index < -0.39 is 17.7 Å². The second kappa shape index (κ2) is 6.45. The number of amides is 4. The summed E-state index contributed by atoms with van der Waals surface area (Å²) in [4.78, 5) is 38.3. The molecule has 1 aromatic rings. The molecule has 3 rings (SSSR count). The first-order valence-electron chi connectivity index (χ1n) is 8.25. The topological polar surface area (TPSA) is 110 Å². The normalized spacial score (nSPS) is 26.8. The van der Waals surface area contributed by atoms with Crippen molar-refractivity contribution in [3.63, 3.8) is 0 Å². The quantitative estimate of drug-likeness (QED) is 0.671. The van der Waals surface area contributed by atoms with Crippen molar-refractivity contribution in [2.45, 2.75) is 31.5 Å². The van der Waals surface area contributed by atoms with E-state index in [1.807, 2.05) is 0 Å². The fourth-order valence-corrected chi connectivity index (χ4v) is 3.18. The number of nitrogens with zero attached hydrogens (tertiary/aromatic N) is 2. The van der Waals surface area contributed by atoms with Gasteiger partial charge in [-0.3, -0.25) is 19.8 Å². The number of rotatable bonds is 3. The third-order valence-corrected chi connectivity index (χ3v) is 4.95. The smallest absolute Gasteiger partial charge is 0.329 e.